The number of aliphatic imine (C=N–C) groups is 1. The molecule has 0 aromatic rings. The van der Waals surface area contributed by atoms with Gasteiger partial charge in [0, 0.05) is 12.8 Å². The van der Waals surface area contributed by atoms with E-state index in [1.54, 1.807) is 0 Å². The van der Waals surface area contributed by atoms with Crippen molar-refractivity contribution in [2.75, 3.05) is 6.54 Å². The van der Waals surface area contributed by atoms with Crippen molar-refractivity contribution in [2.45, 2.75) is 116 Å². The molecule has 146 valence electrons. The van der Waals surface area contributed by atoms with Crippen LogP contribution in [-0.2, 0) is 0 Å². The fourth-order valence-corrected chi connectivity index (χ4v) is 3.51. The molecule has 0 amide bonds. The van der Waals surface area contributed by atoms with Crippen molar-refractivity contribution in [3.63, 3.8) is 0 Å². The van der Waals surface area contributed by atoms with Gasteiger partial charge in [-0.2, -0.15) is 0 Å². The lowest BCUT2D eigenvalue weighted by atomic mass is 10.1. The largest absolute Gasteiger partial charge is 0.379 e. The van der Waals surface area contributed by atoms with Crippen molar-refractivity contribution in [3.05, 3.63) is 12.2 Å². The Morgan fingerprint density at radius 2 is 1.52 bits per heavy atom. The molecule has 1 N–H and O–H groups in total. The summed E-state index contributed by atoms with van der Waals surface area (Å²) in [6, 6.07) is 0. The summed E-state index contributed by atoms with van der Waals surface area (Å²) in [6.45, 7) is 4.90. The van der Waals surface area contributed by atoms with Crippen LogP contribution < -0.4 is 0 Å². The molecule has 1 aliphatic rings. The Balaban J connectivity index is 1.81. The average Bonchev–Trinajstić information content (AvgIpc) is 3.07. The summed E-state index contributed by atoms with van der Waals surface area (Å²) in [6.07, 6.45) is 25.0. The Bertz CT molecular complexity index is 352. The number of hydrogen-bond acceptors (Lipinski definition) is 3. The van der Waals surface area contributed by atoms with Gasteiger partial charge in [-0.15, -0.1) is 0 Å². The van der Waals surface area contributed by atoms with Crippen molar-refractivity contribution in [1.82, 2.24) is 4.90 Å². The molecule has 0 spiro atoms. The predicted molar refractivity (Wildman–Crippen MR) is 110 cm³/mol. The topological polar surface area (TPSA) is 35.8 Å². The highest BCUT2D eigenvalue weighted by Gasteiger charge is 2.23. The first-order chi connectivity index (χ1) is 12.3. The highest BCUT2D eigenvalue weighted by molar-refractivity contribution is 5.62. The number of hydrogen-bond donors (Lipinski definition) is 1. The minimum atomic E-state index is -0.376. The van der Waals surface area contributed by atoms with Crippen molar-refractivity contribution in [1.29, 1.82) is 0 Å². The standard InChI is InChI=1S/C22H42N2O/c1-3-4-5-6-7-8-9-10-11-12-13-14-15-16-17-18-22-23-19-20-24(22)21(2)25/h7-8,19,21-22,25H,3-6,9-18,20H2,1-2H3/b8-7+. The fraction of sp³-hybridized carbons (Fsp3) is 0.864. The summed E-state index contributed by atoms with van der Waals surface area (Å²) in [5, 5.41) is 9.69. The maximum Gasteiger partial charge on any atom is 0.106 e. The first-order valence-electron chi connectivity index (χ1n) is 10.9. The molecule has 2 unspecified atom stereocenters. The normalized spacial score (nSPS) is 19.2. The van der Waals surface area contributed by atoms with Gasteiger partial charge in [-0.05, 0) is 45.4 Å². The summed E-state index contributed by atoms with van der Waals surface area (Å²) in [5.41, 5.74) is 0. The summed E-state index contributed by atoms with van der Waals surface area (Å²) in [4.78, 5) is 6.54. The van der Waals surface area contributed by atoms with E-state index < -0.39 is 0 Å². The Morgan fingerprint density at radius 3 is 2.12 bits per heavy atom. The Labute approximate surface area is 156 Å². The molecular weight excluding hydrogens is 308 g/mol. The van der Waals surface area contributed by atoms with E-state index in [9.17, 15) is 5.11 Å². The summed E-state index contributed by atoms with van der Waals surface area (Å²) < 4.78 is 0. The summed E-state index contributed by atoms with van der Waals surface area (Å²) >= 11 is 0. The van der Waals surface area contributed by atoms with Crippen LogP contribution in [0.5, 0.6) is 0 Å². The highest BCUT2D eigenvalue weighted by Crippen LogP contribution is 2.18. The Kier molecular flexibility index (Phi) is 13.9. The molecule has 0 radical (unpaired) electrons. The van der Waals surface area contributed by atoms with Gasteiger partial charge in [0.15, 0.2) is 0 Å². The summed E-state index contributed by atoms with van der Waals surface area (Å²) in [7, 11) is 0. The molecular formula is C22H42N2O. The van der Waals surface area contributed by atoms with Gasteiger partial charge in [0.1, 0.15) is 12.4 Å². The minimum Gasteiger partial charge on any atom is -0.379 e. The van der Waals surface area contributed by atoms with Crippen molar-refractivity contribution in [2.24, 2.45) is 4.99 Å². The Hall–Kier alpha value is -0.670. The monoisotopic (exact) mass is 350 g/mol. The van der Waals surface area contributed by atoms with Crippen molar-refractivity contribution in [3.8, 4) is 0 Å². The Morgan fingerprint density at radius 1 is 0.960 bits per heavy atom. The number of unbranched alkanes of at least 4 members (excludes halogenated alkanes) is 11. The molecule has 0 bridgehead atoms. The van der Waals surface area contributed by atoms with Gasteiger partial charge in [-0.1, -0.05) is 70.4 Å². The third kappa shape index (κ3) is 11.5. The molecule has 0 saturated heterocycles. The lowest BCUT2D eigenvalue weighted by Crippen LogP contribution is -2.37. The number of aliphatic hydroxyl groups excluding tert-OH is 1. The predicted octanol–water partition coefficient (Wildman–Crippen LogP) is 6.07. The van der Waals surface area contributed by atoms with E-state index in [0.717, 1.165) is 13.0 Å². The maximum absolute atomic E-state index is 9.69. The van der Waals surface area contributed by atoms with Crippen molar-refractivity contribution < 1.29 is 5.11 Å². The van der Waals surface area contributed by atoms with Gasteiger partial charge in [0.05, 0.1) is 0 Å². The minimum absolute atomic E-state index is 0.218. The fourth-order valence-electron chi connectivity index (χ4n) is 3.51. The van der Waals surface area contributed by atoms with Crippen LogP contribution >= 0.6 is 0 Å². The van der Waals surface area contributed by atoms with Crippen LogP contribution in [0.15, 0.2) is 17.1 Å². The lowest BCUT2D eigenvalue weighted by molar-refractivity contribution is 0.00710. The van der Waals surface area contributed by atoms with Gasteiger partial charge in [0.2, 0.25) is 0 Å². The van der Waals surface area contributed by atoms with E-state index in [-0.39, 0.29) is 12.4 Å². The number of aliphatic hydroxyl groups is 1. The third-order valence-corrected chi connectivity index (χ3v) is 5.16. The van der Waals surface area contributed by atoms with Crippen LogP contribution in [-0.4, -0.2) is 35.2 Å². The number of allylic oxidation sites excluding steroid dienone is 2. The second-order valence-corrected chi connectivity index (χ2v) is 7.51. The van der Waals surface area contributed by atoms with Crippen LogP contribution in [0.3, 0.4) is 0 Å². The molecule has 0 saturated carbocycles. The van der Waals surface area contributed by atoms with E-state index in [0.29, 0.717) is 0 Å². The van der Waals surface area contributed by atoms with Gasteiger partial charge in [-0.25, -0.2) is 0 Å². The molecule has 0 aromatic carbocycles. The van der Waals surface area contributed by atoms with Gasteiger partial charge in [0.25, 0.3) is 0 Å². The molecule has 0 aliphatic carbocycles. The smallest absolute Gasteiger partial charge is 0.106 e. The molecule has 1 aliphatic heterocycles. The van der Waals surface area contributed by atoms with Crippen LogP contribution in [0, 0.1) is 0 Å². The van der Waals surface area contributed by atoms with E-state index in [2.05, 4.69) is 29.0 Å². The maximum atomic E-state index is 9.69. The number of nitrogens with zero attached hydrogens (tertiary/aromatic N) is 2. The molecule has 3 heteroatoms. The van der Waals surface area contributed by atoms with Gasteiger partial charge >= 0.3 is 0 Å². The quantitative estimate of drug-likeness (QED) is 0.271. The van der Waals surface area contributed by atoms with Crippen molar-refractivity contribution >= 4 is 6.21 Å². The van der Waals surface area contributed by atoms with Crippen LogP contribution in [0.4, 0.5) is 0 Å². The molecule has 25 heavy (non-hydrogen) atoms. The first-order valence-corrected chi connectivity index (χ1v) is 10.9. The first kappa shape index (κ1) is 22.4. The van der Waals surface area contributed by atoms with E-state index >= 15 is 0 Å². The van der Waals surface area contributed by atoms with Gasteiger partial charge < -0.3 is 5.11 Å². The van der Waals surface area contributed by atoms with Gasteiger partial charge in [-0.3, -0.25) is 9.89 Å². The SMILES string of the molecule is CCCCC/C=C/CCCCCCCCCCC1N=CCN1C(C)O. The van der Waals surface area contributed by atoms with Crippen LogP contribution in [0.1, 0.15) is 104 Å². The zero-order valence-electron chi connectivity index (χ0n) is 16.8. The highest BCUT2D eigenvalue weighted by atomic mass is 16.3. The zero-order chi connectivity index (χ0) is 18.2. The molecule has 1 heterocycles. The second kappa shape index (κ2) is 15.6. The lowest BCUT2D eigenvalue weighted by Gasteiger charge is -2.25. The zero-order valence-corrected chi connectivity index (χ0v) is 16.8. The third-order valence-electron chi connectivity index (χ3n) is 5.16. The van der Waals surface area contributed by atoms with Crippen LogP contribution in [0.2, 0.25) is 0 Å². The molecule has 2 atom stereocenters. The summed E-state index contributed by atoms with van der Waals surface area (Å²) in [5.74, 6) is 0. The van der Waals surface area contributed by atoms with E-state index in [4.69, 9.17) is 0 Å². The molecule has 1 rings (SSSR count). The number of rotatable bonds is 16. The van der Waals surface area contributed by atoms with E-state index in [1.165, 1.54) is 83.5 Å². The second-order valence-electron chi connectivity index (χ2n) is 7.51. The van der Waals surface area contributed by atoms with E-state index in [1.807, 2.05) is 13.1 Å². The molecule has 0 aromatic heterocycles. The molecule has 3 nitrogen and oxygen atoms in total. The average molecular weight is 351 g/mol. The van der Waals surface area contributed by atoms with Crippen LogP contribution in [0.25, 0.3) is 0 Å². The molecule has 0 fully saturated rings.